The number of sulfonamides is 1. The molecule has 1 saturated heterocycles. The maximum atomic E-state index is 13.0. The van der Waals surface area contributed by atoms with Gasteiger partial charge < -0.3 is 18.8 Å². The molecule has 3 aromatic rings. The van der Waals surface area contributed by atoms with Crippen LogP contribution in [0.1, 0.15) is 36.0 Å². The van der Waals surface area contributed by atoms with Crippen molar-refractivity contribution in [2.45, 2.75) is 37.1 Å². The third-order valence-corrected chi connectivity index (χ3v) is 9.15. The van der Waals surface area contributed by atoms with E-state index in [4.69, 9.17) is 14.2 Å². The number of thiazole rings is 1. The third kappa shape index (κ3) is 4.75. The average Bonchev–Trinajstić information content (AvgIpc) is 3.49. The number of rotatable bonds is 6. The highest BCUT2D eigenvalue weighted by Crippen LogP contribution is 2.37. The summed E-state index contributed by atoms with van der Waals surface area (Å²) in [5.41, 5.74) is 1.02. The molecule has 3 heterocycles. The molecule has 36 heavy (non-hydrogen) atoms. The van der Waals surface area contributed by atoms with E-state index in [1.165, 1.54) is 47.0 Å². The summed E-state index contributed by atoms with van der Waals surface area (Å²) < 4.78 is 45.6. The van der Waals surface area contributed by atoms with Crippen LogP contribution in [0.15, 0.2) is 46.3 Å². The molecular formula is C24H25N3O7S2. The lowest BCUT2D eigenvalue weighted by Gasteiger charge is -2.25. The van der Waals surface area contributed by atoms with Crippen molar-refractivity contribution in [3.63, 3.8) is 0 Å². The molecule has 0 radical (unpaired) electrons. The number of ether oxygens (including phenoxy) is 3. The summed E-state index contributed by atoms with van der Waals surface area (Å²) in [6, 6.07) is 9.47. The van der Waals surface area contributed by atoms with Gasteiger partial charge in [0.05, 0.1) is 28.6 Å². The Labute approximate surface area is 211 Å². The van der Waals surface area contributed by atoms with Crippen LogP contribution in [-0.4, -0.2) is 56.2 Å². The van der Waals surface area contributed by atoms with Crippen molar-refractivity contribution in [2.75, 3.05) is 27.0 Å². The molecule has 2 aromatic carbocycles. The van der Waals surface area contributed by atoms with Crippen LogP contribution in [0.5, 0.6) is 11.5 Å². The Morgan fingerprint density at radius 3 is 2.44 bits per heavy atom. The van der Waals surface area contributed by atoms with Crippen LogP contribution in [0.4, 0.5) is 0 Å². The molecule has 190 valence electrons. The average molecular weight is 532 g/mol. The fraction of sp³-hybridized carbons (Fsp3) is 0.375. The number of methoxy groups -OCH3 is 1. The SMILES string of the molecule is COC(=O)CCn1c(=NC(=O)c2ccc(S(=O)(=O)N3CCCCC3)cc2)sc2cc3c(cc21)OCO3. The lowest BCUT2D eigenvalue weighted by molar-refractivity contribution is -0.140. The van der Waals surface area contributed by atoms with Gasteiger partial charge in [0, 0.05) is 37.3 Å². The van der Waals surface area contributed by atoms with Crippen LogP contribution in [0.3, 0.4) is 0 Å². The molecule has 5 rings (SSSR count). The molecule has 12 heteroatoms. The number of carbonyl (C=O) groups excluding carboxylic acids is 2. The Morgan fingerprint density at radius 1 is 1.06 bits per heavy atom. The zero-order valence-electron chi connectivity index (χ0n) is 19.6. The number of aromatic nitrogens is 1. The number of piperidine rings is 1. The van der Waals surface area contributed by atoms with E-state index >= 15 is 0 Å². The van der Waals surface area contributed by atoms with Gasteiger partial charge >= 0.3 is 5.97 Å². The maximum Gasteiger partial charge on any atom is 0.307 e. The smallest absolute Gasteiger partial charge is 0.307 e. The van der Waals surface area contributed by atoms with Gasteiger partial charge in [-0.2, -0.15) is 9.30 Å². The van der Waals surface area contributed by atoms with Crippen molar-refractivity contribution in [1.82, 2.24) is 8.87 Å². The summed E-state index contributed by atoms with van der Waals surface area (Å²) in [6.45, 7) is 1.41. The summed E-state index contributed by atoms with van der Waals surface area (Å²) in [6.07, 6.45) is 2.82. The number of carbonyl (C=O) groups is 2. The first-order chi connectivity index (χ1) is 17.4. The minimum Gasteiger partial charge on any atom is -0.469 e. The fourth-order valence-electron chi connectivity index (χ4n) is 4.24. The Bertz CT molecular complexity index is 1480. The Kier molecular flexibility index (Phi) is 6.82. The van der Waals surface area contributed by atoms with Gasteiger partial charge in [-0.3, -0.25) is 9.59 Å². The number of nitrogens with zero attached hydrogens (tertiary/aromatic N) is 3. The van der Waals surface area contributed by atoms with Crippen molar-refractivity contribution < 1.29 is 32.2 Å². The predicted molar refractivity (Wildman–Crippen MR) is 132 cm³/mol. The highest BCUT2D eigenvalue weighted by molar-refractivity contribution is 7.89. The number of esters is 1. The van der Waals surface area contributed by atoms with Crippen LogP contribution in [0, 0.1) is 0 Å². The molecule has 1 amide bonds. The van der Waals surface area contributed by atoms with Crippen LogP contribution in [0.2, 0.25) is 0 Å². The molecule has 0 atom stereocenters. The lowest BCUT2D eigenvalue weighted by Crippen LogP contribution is -2.35. The molecule has 0 bridgehead atoms. The molecule has 0 spiro atoms. The van der Waals surface area contributed by atoms with Gasteiger partial charge in [0.25, 0.3) is 5.91 Å². The summed E-state index contributed by atoms with van der Waals surface area (Å²) in [5.74, 6) is 0.281. The second-order valence-corrected chi connectivity index (χ2v) is 11.4. The predicted octanol–water partition coefficient (Wildman–Crippen LogP) is 2.91. The van der Waals surface area contributed by atoms with Gasteiger partial charge in [-0.15, -0.1) is 0 Å². The van der Waals surface area contributed by atoms with E-state index in [-0.39, 0.29) is 36.2 Å². The van der Waals surface area contributed by atoms with Gasteiger partial charge in [-0.25, -0.2) is 8.42 Å². The van der Waals surface area contributed by atoms with Crippen LogP contribution in [0.25, 0.3) is 10.2 Å². The number of hydrogen-bond donors (Lipinski definition) is 0. The second kappa shape index (κ2) is 10.0. The Morgan fingerprint density at radius 2 is 1.75 bits per heavy atom. The number of hydrogen-bond acceptors (Lipinski definition) is 8. The normalized spacial score (nSPS) is 16.4. The van der Waals surface area contributed by atoms with Gasteiger partial charge in [0.15, 0.2) is 16.3 Å². The molecule has 2 aliphatic rings. The summed E-state index contributed by atoms with van der Waals surface area (Å²) >= 11 is 1.28. The van der Waals surface area contributed by atoms with Crippen molar-refractivity contribution in [3.8, 4) is 11.5 Å². The molecule has 1 aromatic heterocycles. The molecule has 10 nitrogen and oxygen atoms in total. The zero-order chi connectivity index (χ0) is 25.3. The van der Waals surface area contributed by atoms with E-state index in [1.807, 2.05) is 6.07 Å². The van der Waals surface area contributed by atoms with E-state index in [0.29, 0.717) is 29.4 Å². The van der Waals surface area contributed by atoms with E-state index in [9.17, 15) is 18.0 Å². The molecule has 1 fully saturated rings. The first kappa shape index (κ1) is 24.5. The molecule has 2 aliphatic heterocycles. The molecule has 0 unspecified atom stereocenters. The molecular weight excluding hydrogens is 506 g/mol. The fourth-order valence-corrected chi connectivity index (χ4v) is 6.82. The first-order valence-corrected chi connectivity index (χ1v) is 13.8. The Balaban J connectivity index is 1.47. The second-order valence-electron chi connectivity index (χ2n) is 8.44. The monoisotopic (exact) mass is 531 g/mol. The summed E-state index contributed by atoms with van der Waals surface area (Å²) in [5, 5.41) is 0. The van der Waals surface area contributed by atoms with Gasteiger partial charge in [0.2, 0.25) is 16.8 Å². The van der Waals surface area contributed by atoms with Crippen LogP contribution >= 0.6 is 11.3 Å². The highest BCUT2D eigenvalue weighted by Gasteiger charge is 2.26. The van der Waals surface area contributed by atoms with Gasteiger partial charge in [-0.05, 0) is 37.1 Å². The van der Waals surface area contributed by atoms with E-state index in [0.717, 1.165) is 29.5 Å². The van der Waals surface area contributed by atoms with Gasteiger partial charge in [-0.1, -0.05) is 17.8 Å². The maximum absolute atomic E-state index is 13.0. The van der Waals surface area contributed by atoms with Crippen molar-refractivity contribution >= 4 is 43.5 Å². The van der Waals surface area contributed by atoms with Crippen molar-refractivity contribution in [1.29, 1.82) is 0 Å². The van der Waals surface area contributed by atoms with Crippen LogP contribution < -0.4 is 14.3 Å². The minimum absolute atomic E-state index is 0.0984. The molecule has 0 aliphatic carbocycles. The van der Waals surface area contributed by atoms with E-state index in [2.05, 4.69) is 4.99 Å². The number of fused-ring (bicyclic) bond motifs is 2. The molecule has 0 N–H and O–H groups in total. The Hall–Kier alpha value is -3.22. The van der Waals surface area contributed by atoms with E-state index in [1.54, 1.807) is 10.6 Å². The van der Waals surface area contributed by atoms with E-state index < -0.39 is 15.9 Å². The van der Waals surface area contributed by atoms with Crippen molar-refractivity contribution in [3.05, 3.63) is 46.8 Å². The molecule has 0 saturated carbocycles. The lowest BCUT2D eigenvalue weighted by atomic mass is 10.2. The third-order valence-electron chi connectivity index (χ3n) is 6.20. The largest absolute Gasteiger partial charge is 0.469 e. The quantitative estimate of drug-likeness (QED) is 0.449. The minimum atomic E-state index is -3.59. The van der Waals surface area contributed by atoms with Crippen molar-refractivity contribution in [2.24, 2.45) is 4.99 Å². The number of aryl methyl sites for hydroxylation is 1. The number of benzene rings is 2. The zero-order valence-corrected chi connectivity index (χ0v) is 21.3. The standard InChI is InChI=1S/C24H25N3O7S2/c1-32-22(28)9-12-27-18-13-19-20(34-15-33-19)14-21(18)35-24(27)25-23(29)16-5-7-17(8-6-16)36(30,31)26-10-3-2-4-11-26/h5-8,13-14H,2-4,9-12,15H2,1H3. The summed E-state index contributed by atoms with van der Waals surface area (Å²) in [4.78, 5) is 29.7. The number of amides is 1. The van der Waals surface area contributed by atoms with Crippen LogP contribution in [-0.2, 0) is 26.1 Å². The highest BCUT2D eigenvalue weighted by atomic mass is 32.2. The van der Waals surface area contributed by atoms with Gasteiger partial charge in [0.1, 0.15) is 0 Å². The summed E-state index contributed by atoms with van der Waals surface area (Å²) in [7, 11) is -2.27. The first-order valence-electron chi connectivity index (χ1n) is 11.6. The topological polar surface area (TPSA) is 117 Å².